The minimum atomic E-state index is -1.06. The van der Waals surface area contributed by atoms with Crippen molar-refractivity contribution in [3.8, 4) is 0 Å². The van der Waals surface area contributed by atoms with Crippen LogP contribution in [-0.2, 0) is 4.74 Å². The predicted molar refractivity (Wildman–Crippen MR) is 63.6 cm³/mol. The highest BCUT2D eigenvalue weighted by molar-refractivity contribution is 5.21. The normalized spacial score (nSPS) is 29.1. The SMILES string of the molecule is O=[N+]([O-])c1cnn(C2CCN(C3COC3)CC2F)c1. The van der Waals surface area contributed by atoms with E-state index in [4.69, 9.17) is 4.74 Å². The maximum Gasteiger partial charge on any atom is 0.307 e. The van der Waals surface area contributed by atoms with Gasteiger partial charge in [-0.15, -0.1) is 0 Å². The Morgan fingerprint density at radius 1 is 1.53 bits per heavy atom. The minimum absolute atomic E-state index is 0.0953. The van der Waals surface area contributed by atoms with Gasteiger partial charge in [-0.3, -0.25) is 19.7 Å². The molecule has 1 aromatic heterocycles. The highest BCUT2D eigenvalue weighted by Crippen LogP contribution is 2.28. The molecule has 0 amide bonds. The number of piperidine rings is 1. The van der Waals surface area contributed by atoms with E-state index in [1.165, 1.54) is 17.1 Å². The van der Waals surface area contributed by atoms with Crippen LogP contribution < -0.4 is 0 Å². The van der Waals surface area contributed by atoms with Gasteiger partial charge in [-0.2, -0.15) is 5.10 Å². The lowest BCUT2D eigenvalue weighted by molar-refractivity contribution is -0.385. The molecule has 0 bridgehead atoms. The molecular weight excluding hydrogens is 255 g/mol. The number of aromatic nitrogens is 2. The van der Waals surface area contributed by atoms with Crippen molar-refractivity contribution in [2.75, 3.05) is 26.3 Å². The van der Waals surface area contributed by atoms with Crippen LogP contribution >= 0.6 is 0 Å². The summed E-state index contributed by atoms with van der Waals surface area (Å²) in [5.74, 6) is 0. The molecule has 2 fully saturated rings. The molecule has 2 saturated heterocycles. The number of hydrogen-bond acceptors (Lipinski definition) is 5. The molecule has 0 N–H and O–H groups in total. The third kappa shape index (κ3) is 2.33. The molecule has 0 radical (unpaired) electrons. The van der Waals surface area contributed by atoms with E-state index < -0.39 is 17.1 Å². The quantitative estimate of drug-likeness (QED) is 0.599. The number of ether oxygens (including phenoxy) is 1. The first-order valence-corrected chi connectivity index (χ1v) is 6.29. The molecule has 8 heteroatoms. The van der Waals surface area contributed by atoms with Gasteiger partial charge in [-0.1, -0.05) is 0 Å². The van der Waals surface area contributed by atoms with E-state index in [9.17, 15) is 14.5 Å². The summed E-state index contributed by atoms with van der Waals surface area (Å²) in [5.41, 5.74) is -0.0953. The summed E-state index contributed by atoms with van der Waals surface area (Å²) in [6, 6.07) is -0.0860. The van der Waals surface area contributed by atoms with E-state index in [-0.39, 0.29) is 5.69 Å². The van der Waals surface area contributed by atoms with Crippen LogP contribution in [0, 0.1) is 10.1 Å². The molecule has 0 spiro atoms. The maximum absolute atomic E-state index is 14.2. The monoisotopic (exact) mass is 270 g/mol. The summed E-state index contributed by atoms with van der Waals surface area (Å²) in [4.78, 5) is 12.2. The molecule has 2 aliphatic heterocycles. The van der Waals surface area contributed by atoms with E-state index >= 15 is 0 Å². The van der Waals surface area contributed by atoms with Gasteiger partial charge in [0.25, 0.3) is 0 Å². The topological polar surface area (TPSA) is 73.4 Å². The largest absolute Gasteiger partial charge is 0.378 e. The fourth-order valence-corrected chi connectivity index (χ4v) is 2.58. The van der Waals surface area contributed by atoms with Crippen molar-refractivity contribution >= 4 is 5.69 Å². The van der Waals surface area contributed by atoms with Crippen molar-refractivity contribution in [1.29, 1.82) is 0 Å². The molecule has 19 heavy (non-hydrogen) atoms. The lowest BCUT2D eigenvalue weighted by Gasteiger charge is -2.42. The van der Waals surface area contributed by atoms with Crippen LogP contribution in [0.4, 0.5) is 10.1 Å². The standard InChI is InChI=1S/C11H15FN4O3/c12-10-5-14(9-6-19-7-9)2-1-11(10)15-4-8(3-13-15)16(17)18/h3-4,9-11H,1-2,5-7H2. The van der Waals surface area contributed by atoms with Crippen LogP contribution in [-0.4, -0.2) is 58.1 Å². The van der Waals surface area contributed by atoms with Crippen molar-refractivity contribution in [2.45, 2.75) is 24.7 Å². The summed E-state index contributed by atoms with van der Waals surface area (Å²) in [5, 5.41) is 14.5. The Labute approximate surface area is 109 Å². The van der Waals surface area contributed by atoms with Gasteiger partial charge in [0, 0.05) is 13.1 Å². The van der Waals surface area contributed by atoms with Crippen molar-refractivity contribution in [3.05, 3.63) is 22.5 Å². The zero-order valence-electron chi connectivity index (χ0n) is 10.3. The Morgan fingerprint density at radius 3 is 2.84 bits per heavy atom. The molecule has 0 aromatic carbocycles. The maximum atomic E-state index is 14.2. The van der Waals surface area contributed by atoms with E-state index in [0.717, 1.165) is 6.54 Å². The number of nitro groups is 1. The molecule has 3 heterocycles. The second-order valence-corrected chi connectivity index (χ2v) is 4.99. The zero-order chi connectivity index (χ0) is 13.4. The van der Waals surface area contributed by atoms with Gasteiger partial charge < -0.3 is 4.74 Å². The molecule has 1 aromatic rings. The Kier molecular flexibility index (Phi) is 3.19. The Bertz CT molecular complexity index is 476. The van der Waals surface area contributed by atoms with E-state index in [1.54, 1.807) is 0 Å². The van der Waals surface area contributed by atoms with Gasteiger partial charge in [-0.05, 0) is 6.42 Å². The number of nitrogens with zero attached hydrogens (tertiary/aromatic N) is 4. The second kappa shape index (κ2) is 4.86. The fourth-order valence-electron chi connectivity index (χ4n) is 2.58. The van der Waals surface area contributed by atoms with Crippen LogP contribution in [0.3, 0.4) is 0 Å². The van der Waals surface area contributed by atoms with Gasteiger partial charge in [0.2, 0.25) is 0 Å². The smallest absolute Gasteiger partial charge is 0.307 e. The first-order chi connectivity index (χ1) is 9.15. The van der Waals surface area contributed by atoms with Gasteiger partial charge in [0.05, 0.1) is 30.2 Å². The first-order valence-electron chi connectivity index (χ1n) is 6.29. The molecule has 2 atom stereocenters. The van der Waals surface area contributed by atoms with Gasteiger partial charge >= 0.3 is 5.69 Å². The van der Waals surface area contributed by atoms with Crippen LogP contribution in [0.25, 0.3) is 0 Å². The molecule has 104 valence electrons. The van der Waals surface area contributed by atoms with Crippen molar-refractivity contribution in [1.82, 2.24) is 14.7 Å². The number of hydrogen-bond donors (Lipinski definition) is 0. The molecular formula is C11H15FN4O3. The molecule has 0 aliphatic carbocycles. The summed E-state index contributed by atoms with van der Waals surface area (Å²) in [6.45, 7) is 2.45. The lowest BCUT2D eigenvalue weighted by atomic mass is 10.0. The second-order valence-electron chi connectivity index (χ2n) is 4.99. The Balaban J connectivity index is 1.66. The number of alkyl halides is 1. The molecule has 2 unspecified atom stereocenters. The van der Waals surface area contributed by atoms with E-state index in [2.05, 4.69) is 10.00 Å². The predicted octanol–water partition coefficient (Wildman–Crippen LogP) is 0.775. The van der Waals surface area contributed by atoms with Crippen molar-refractivity contribution in [2.24, 2.45) is 0 Å². The zero-order valence-corrected chi connectivity index (χ0v) is 10.3. The Hall–Kier alpha value is -1.54. The molecule has 3 rings (SSSR count). The van der Waals surface area contributed by atoms with Gasteiger partial charge in [0.1, 0.15) is 18.6 Å². The van der Waals surface area contributed by atoms with Gasteiger partial charge in [0.15, 0.2) is 0 Å². The van der Waals surface area contributed by atoms with E-state index in [1.807, 2.05) is 0 Å². The summed E-state index contributed by atoms with van der Waals surface area (Å²) in [6.07, 6.45) is 2.02. The minimum Gasteiger partial charge on any atom is -0.378 e. The highest BCUT2D eigenvalue weighted by Gasteiger charge is 2.36. The summed E-state index contributed by atoms with van der Waals surface area (Å²) >= 11 is 0. The number of likely N-dealkylation sites (tertiary alicyclic amines) is 1. The van der Waals surface area contributed by atoms with E-state index in [0.29, 0.717) is 32.2 Å². The average Bonchev–Trinajstić information content (AvgIpc) is 2.76. The first kappa shape index (κ1) is 12.5. The summed E-state index contributed by atoms with van der Waals surface area (Å²) < 4.78 is 20.7. The average molecular weight is 270 g/mol. The highest BCUT2D eigenvalue weighted by atomic mass is 19.1. The fraction of sp³-hybridized carbons (Fsp3) is 0.727. The van der Waals surface area contributed by atoms with Crippen LogP contribution in [0.15, 0.2) is 12.4 Å². The molecule has 7 nitrogen and oxygen atoms in total. The third-order valence-electron chi connectivity index (χ3n) is 3.81. The van der Waals surface area contributed by atoms with Crippen LogP contribution in [0.1, 0.15) is 12.5 Å². The third-order valence-corrected chi connectivity index (χ3v) is 3.81. The van der Waals surface area contributed by atoms with Crippen LogP contribution in [0.2, 0.25) is 0 Å². The molecule has 2 aliphatic rings. The number of rotatable bonds is 3. The van der Waals surface area contributed by atoms with Crippen molar-refractivity contribution < 1.29 is 14.1 Å². The molecule has 0 saturated carbocycles. The van der Waals surface area contributed by atoms with Gasteiger partial charge in [-0.25, -0.2) is 4.39 Å². The Morgan fingerprint density at radius 2 is 2.32 bits per heavy atom. The number of halogens is 1. The summed E-state index contributed by atoms with van der Waals surface area (Å²) in [7, 11) is 0. The lowest BCUT2D eigenvalue weighted by Crippen LogP contribution is -2.55. The van der Waals surface area contributed by atoms with Crippen molar-refractivity contribution in [3.63, 3.8) is 0 Å². The van der Waals surface area contributed by atoms with Crippen LogP contribution in [0.5, 0.6) is 0 Å².